The molecule has 0 saturated carbocycles. The minimum absolute atomic E-state index is 0.0982. The zero-order valence-corrected chi connectivity index (χ0v) is 11.1. The minimum Gasteiger partial charge on any atom is -0.354 e. The van der Waals surface area contributed by atoms with Gasteiger partial charge in [-0.15, -0.1) is 10.2 Å². The Kier molecular flexibility index (Phi) is 3.55. The van der Waals surface area contributed by atoms with Crippen molar-refractivity contribution in [3.8, 4) is 17.5 Å². The number of rotatable bonds is 2. The summed E-state index contributed by atoms with van der Waals surface area (Å²) in [5.41, 5.74) is 1.59. The van der Waals surface area contributed by atoms with E-state index >= 15 is 0 Å². The standard InChI is InChI=1S/C15H15N5/c16-10-12-4-3-9-20(11-12)15-7-6-14(18-19-15)13-5-1-2-8-17-13/h1-2,5-8,12H,3-4,9,11H2. The third-order valence-corrected chi connectivity index (χ3v) is 3.51. The van der Waals surface area contributed by atoms with Crippen molar-refractivity contribution in [3.05, 3.63) is 36.5 Å². The van der Waals surface area contributed by atoms with Crippen LogP contribution < -0.4 is 4.90 Å². The van der Waals surface area contributed by atoms with Gasteiger partial charge < -0.3 is 4.90 Å². The van der Waals surface area contributed by atoms with Crippen LogP contribution >= 0.6 is 0 Å². The van der Waals surface area contributed by atoms with Gasteiger partial charge in [-0.1, -0.05) is 6.07 Å². The number of anilines is 1. The van der Waals surface area contributed by atoms with Crippen LogP contribution in [0, 0.1) is 17.2 Å². The third kappa shape index (κ3) is 2.59. The lowest BCUT2D eigenvalue weighted by molar-refractivity contribution is 0.489. The SMILES string of the molecule is N#CC1CCCN(c2ccc(-c3ccccn3)nn2)C1. The van der Waals surface area contributed by atoms with Gasteiger partial charge in [0.1, 0.15) is 5.69 Å². The Labute approximate surface area is 117 Å². The van der Waals surface area contributed by atoms with E-state index < -0.39 is 0 Å². The summed E-state index contributed by atoms with van der Waals surface area (Å²) < 4.78 is 0. The van der Waals surface area contributed by atoms with Crippen molar-refractivity contribution in [2.45, 2.75) is 12.8 Å². The molecule has 1 aliphatic heterocycles. The van der Waals surface area contributed by atoms with Crippen LogP contribution in [-0.4, -0.2) is 28.3 Å². The molecule has 0 amide bonds. The maximum atomic E-state index is 9.03. The Hall–Kier alpha value is -2.48. The number of nitrogens with zero attached hydrogens (tertiary/aromatic N) is 5. The highest BCUT2D eigenvalue weighted by atomic mass is 15.3. The zero-order valence-electron chi connectivity index (χ0n) is 11.1. The molecule has 1 aliphatic rings. The molecule has 0 radical (unpaired) electrons. The maximum Gasteiger partial charge on any atom is 0.151 e. The second kappa shape index (κ2) is 5.66. The number of aromatic nitrogens is 3. The Balaban J connectivity index is 1.78. The summed E-state index contributed by atoms with van der Waals surface area (Å²) in [5.74, 6) is 0.936. The van der Waals surface area contributed by atoms with Gasteiger partial charge in [0, 0.05) is 19.3 Å². The largest absolute Gasteiger partial charge is 0.354 e. The zero-order chi connectivity index (χ0) is 13.8. The van der Waals surface area contributed by atoms with Crippen molar-refractivity contribution in [2.24, 2.45) is 5.92 Å². The molecule has 0 N–H and O–H groups in total. The van der Waals surface area contributed by atoms with Gasteiger partial charge in [0.15, 0.2) is 5.82 Å². The highest BCUT2D eigenvalue weighted by Gasteiger charge is 2.20. The van der Waals surface area contributed by atoms with Crippen molar-refractivity contribution in [3.63, 3.8) is 0 Å². The van der Waals surface area contributed by atoms with E-state index in [-0.39, 0.29) is 5.92 Å². The summed E-state index contributed by atoms with van der Waals surface area (Å²) in [7, 11) is 0. The quantitative estimate of drug-likeness (QED) is 0.833. The van der Waals surface area contributed by atoms with Crippen molar-refractivity contribution >= 4 is 5.82 Å². The van der Waals surface area contributed by atoms with Crippen LogP contribution in [0.3, 0.4) is 0 Å². The van der Waals surface area contributed by atoms with E-state index in [1.54, 1.807) is 6.20 Å². The number of pyridine rings is 1. The molecule has 3 heterocycles. The molecule has 0 aromatic carbocycles. The number of hydrogen-bond donors (Lipinski definition) is 0. The number of piperidine rings is 1. The second-order valence-corrected chi connectivity index (χ2v) is 4.91. The Morgan fingerprint density at radius 1 is 1.15 bits per heavy atom. The predicted molar refractivity (Wildman–Crippen MR) is 75.8 cm³/mol. The summed E-state index contributed by atoms with van der Waals surface area (Å²) >= 11 is 0. The minimum atomic E-state index is 0.0982. The van der Waals surface area contributed by atoms with Crippen LogP contribution in [0.4, 0.5) is 5.82 Å². The summed E-state index contributed by atoms with van der Waals surface area (Å²) in [5, 5.41) is 17.5. The van der Waals surface area contributed by atoms with Crippen LogP contribution in [0.5, 0.6) is 0 Å². The lowest BCUT2D eigenvalue weighted by atomic mass is 10.00. The molecule has 5 heteroatoms. The maximum absolute atomic E-state index is 9.03. The van der Waals surface area contributed by atoms with Crippen LogP contribution in [0.2, 0.25) is 0 Å². The predicted octanol–water partition coefficient (Wildman–Crippen LogP) is 2.28. The average Bonchev–Trinajstić information content (AvgIpc) is 2.56. The fraction of sp³-hybridized carbons (Fsp3) is 0.333. The molecule has 0 bridgehead atoms. The smallest absolute Gasteiger partial charge is 0.151 e. The Morgan fingerprint density at radius 3 is 2.80 bits per heavy atom. The fourth-order valence-corrected chi connectivity index (χ4v) is 2.44. The molecule has 1 saturated heterocycles. The molecule has 1 atom stereocenters. The molecular formula is C15H15N5. The first-order valence-corrected chi connectivity index (χ1v) is 6.76. The van der Waals surface area contributed by atoms with E-state index in [0.717, 1.165) is 43.1 Å². The molecule has 2 aromatic heterocycles. The van der Waals surface area contributed by atoms with E-state index in [0.29, 0.717) is 0 Å². The molecule has 100 valence electrons. The molecule has 5 nitrogen and oxygen atoms in total. The molecule has 20 heavy (non-hydrogen) atoms. The monoisotopic (exact) mass is 265 g/mol. The first-order chi connectivity index (χ1) is 9.86. The van der Waals surface area contributed by atoms with E-state index in [9.17, 15) is 0 Å². The molecule has 1 unspecified atom stereocenters. The summed E-state index contributed by atoms with van der Waals surface area (Å²) in [4.78, 5) is 6.39. The van der Waals surface area contributed by atoms with Gasteiger partial charge >= 0.3 is 0 Å². The van der Waals surface area contributed by atoms with Gasteiger partial charge in [-0.25, -0.2) is 0 Å². The highest BCUT2D eigenvalue weighted by molar-refractivity contribution is 5.54. The molecule has 3 rings (SSSR count). The van der Waals surface area contributed by atoms with Crippen molar-refractivity contribution in [1.82, 2.24) is 15.2 Å². The van der Waals surface area contributed by atoms with Crippen LogP contribution in [-0.2, 0) is 0 Å². The number of hydrogen-bond acceptors (Lipinski definition) is 5. The normalized spacial score (nSPS) is 18.6. The topological polar surface area (TPSA) is 65.7 Å². The Bertz CT molecular complexity index is 602. The first-order valence-electron chi connectivity index (χ1n) is 6.76. The van der Waals surface area contributed by atoms with Gasteiger partial charge in [0.05, 0.1) is 17.7 Å². The van der Waals surface area contributed by atoms with Crippen molar-refractivity contribution < 1.29 is 0 Å². The molecule has 0 aliphatic carbocycles. The van der Waals surface area contributed by atoms with Crippen molar-refractivity contribution in [2.75, 3.05) is 18.0 Å². The van der Waals surface area contributed by atoms with Gasteiger partial charge in [-0.2, -0.15) is 5.26 Å². The molecule has 1 fully saturated rings. The van der Waals surface area contributed by atoms with E-state index in [2.05, 4.69) is 26.2 Å². The highest BCUT2D eigenvalue weighted by Crippen LogP contribution is 2.22. The van der Waals surface area contributed by atoms with E-state index in [4.69, 9.17) is 5.26 Å². The van der Waals surface area contributed by atoms with Crippen molar-refractivity contribution in [1.29, 1.82) is 5.26 Å². The number of nitriles is 1. The van der Waals surface area contributed by atoms with Crippen LogP contribution in [0.15, 0.2) is 36.5 Å². The van der Waals surface area contributed by atoms with E-state index in [1.807, 2.05) is 30.3 Å². The third-order valence-electron chi connectivity index (χ3n) is 3.51. The van der Waals surface area contributed by atoms with Gasteiger partial charge in [0.2, 0.25) is 0 Å². The Morgan fingerprint density at radius 2 is 2.10 bits per heavy atom. The summed E-state index contributed by atoms with van der Waals surface area (Å²) in [6.07, 6.45) is 3.75. The molecule has 2 aromatic rings. The summed E-state index contributed by atoms with van der Waals surface area (Å²) in [6.45, 7) is 1.68. The lowest BCUT2D eigenvalue weighted by Gasteiger charge is -2.30. The lowest BCUT2D eigenvalue weighted by Crippen LogP contribution is -2.35. The fourth-order valence-electron chi connectivity index (χ4n) is 2.44. The van der Waals surface area contributed by atoms with Gasteiger partial charge in [-0.3, -0.25) is 4.98 Å². The van der Waals surface area contributed by atoms with Crippen LogP contribution in [0.25, 0.3) is 11.4 Å². The van der Waals surface area contributed by atoms with Crippen LogP contribution in [0.1, 0.15) is 12.8 Å². The average molecular weight is 265 g/mol. The molecule has 0 spiro atoms. The van der Waals surface area contributed by atoms with Gasteiger partial charge in [-0.05, 0) is 37.1 Å². The van der Waals surface area contributed by atoms with Gasteiger partial charge in [0.25, 0.3) is 0 Å². The molecular weight excluding hydrogens is 250 g/mol. The van der Waals surface area contributed by atoms with E-state index in [1.165, 1.54) is 0 Å². The summed E-state index contributed by atoms with van der Waals surface area (Å²) in [6, 6.07) is 11.9. The first kappa shape index (κ1) is 12.5. The second-order valence-electron chi connectivity index (χ2n) is 4.91.